The molecule has 2 N–H and O–H groups in total. The number of rotatable bonds is 9. The summed E-state index contributed by atoms with van der Waals surface area (Å²) in [6, 6.07) is 0.646. The lowest BCUT2D eigenvalue weighted by Crippen LogP contribution is -2.46. The Kier molecular flexibility index (Phi) is 8.69. The van der Waals surface area contributed by atoms with E-state index in [4.69, 9.17) is 4.74 Å². The van der Waals surface area contributed by atoms with Crippen LogP contribution in [0, 0.1) is 11.8 Å². The number of likely N-dealkylation sites (N-methyl/N-ethyl adjacent to an activating group) is 1. The van der Waals surface area contributed by atoms with Crippen LogP contribution in [0.25, 0.3) is 0 Å². The summed E-state index contributed by atoms with van der Waals surface area (Å²) < 4.78 is 5.00. The molecule has 4 unspecified atom stereocenters. The molecule has 20 heavy (non-hydrogen) atoms. The molecule has 0 bridgehead atoms. The maximum Gasteiger partial charge on any atom is 0.0899 e. The summed E-state index contributed by atoms with van der Waals surface area (Å²) in [5.41, 5.74) is 0. The number of hydrogen-bond donors (Lipinski definition) is 2. The van der Waals surface area contributed by atoms with E-state index in [0.29, 0.717) is 25.1 Å². The third kappa shape index (κ3) is 6.53. The topological polar surface area (TPSA) is 44.7 Å². The highest BCUT2D eigenvalue weighted by atomic mass is 16.5. The van der Waals surface area contributed by atoms with Crippen molar-refractivity contribution in [1.82, 2.24) is 10.2 Å². The molecule has 1 fully saturated rings. The molecule has 0 aromatic carbocycles. The van der Waals surface area contributed by atoms with Gasteiger partial charge in [0.1, 0.15) is 0 Å². The minimum Gasteiger partial charge on any atom is -0.389 e. The zero-order chi connectivity index (χ0) is 15.0. The lowest BCUT2D eigenvalue weighted by molar-refractivity contribution is 0.0360. The summed E-state index contributed by atoms with van der Waals surface area (Å²) in [6.07, 6.45) is 4.75. The van der Waals surface area contributed by atoms with Gasteiger partial charge in [-0.1, -0.05) is 13.8 Å². The van der Waals surface area contributed by atoms with Crippen LogP contribution in [0.3, 0.4) is 0 Å². The van der Waals surface area contributed by atoms with E-state index in [-0.39, 0.29) is 6.10 Å². The molecule has 0 aromatic heterocycles. The second-order valence-electron chi connectivity index (χ2n) is 6.57. The third-order valence-corrected chi connectivity index (χ3v) is 4.33. The highest BCUT2D eigenvalue weighted by molar-refractivity contribution is 4.85. The third-order valence-electron chi connectivity index (χ3n) is 4.33. The SMILES string of the molecule is CCCNC1CCC(C)CC1CN(C)CC(O)COC. The molecule has 1 aliphatic rings. The van der Waals surface area contributed by atoms with Gasteiger partial charge in [-0.3, -0.25) is 0 Å². The zero-order valence-electron chi connectivity index (χ0n) is 13.8. The van der Waals surface area contributed by atoms with Gasteiger partial charge in [-0.15, -0.1) is 0 Å². The molecule has 1 rings (SSSR count). The first-order valence-corrected chi connectivity index (χ1v) is 8.15. The molecule has 0 heterocycles. The molecule has 4 atom stereocenters. The van der Waals surface area contributed by atoms with Crippen molar-refractivity contribution < 1.29 is 9.84 Å². The molecule has 0 amide bonds. The van der Waals surface area contributed by atoms with Crippen molar-refractivity contribution >= 4 is 0 Å². The molecule has 4 heteroatoms. The maximum absolute atomic E-state index is 9.83. The first kappa shape index (κ1) is 17.9. The van der Waals surface area contributed by atoms with E-state index < -0.39 is 0 Å². The largest absolute Gasteiger partial charge is 0.389 e. The average molecular weight is 286 g/mol. The first-order valence-electron chi connectivity index (χ1n) is 8.15. The summed E-state index contributed by atoms with van der Waals surface area (Å²) in [4.78, 5) is 2.26. The molecular weight excluding hydrogens is 252 g/mol. The van der Waals surface area contributed by atoms with Crippen LogP contribution >= 0.6 is 0 Å². The Morgan fingerprint density at radius 1 is 1.40 bits per heavy atom. The number of aliphatic hydroxyl groups is 1. The van der Waals surface area contributed by atoms with Crippen LogP contribution in [-0.2, 0) is 4.74 Å². The van der Waals surface area contributed by atoms with E-state index in [1.807, 2.05) is 0 Å². The molecule has 1 aliphatic carbocycles. The van der Waals surface area contributed by atoms with Gasteiger partial charge in [-0.25, -0.2) is 0 Å². The number of aliphatic hydroxyl groups excluding tert-OH is 1. The lowest BCUT2D eigenvalue weighted by atomic mass is 9.78. The summed E-state index contributed by atoms with van der Waals surface area (Å²) in [7, 11) is 3.74. The standard InChI is InChI=1S/C16H34N2O2/c1-5-8-17-16-7-6-13(2)9-14(16)10-18(3)11-15(19)12-20-4/h13-17,19H,5-12H2,1-4H3. The van der Waals surface area contributed by atoms with Crippen molar-refractivity contribution in [3.05, 3.63) is 0 Å². The second-order valence-corrected chi connectivity index (χ2v) is 6.57. The Balaban J connectivity index is 2.42. The Labute approximate surface area is 124 Å². The molecule has 0 aromatic rings. The molecule has 0 aliphatic heterocycles. The van der Waals surface area contributed by atoms with E-state index >= 15 is 0 Å². The Hall–Kier alpha value is -0.160. The van der Waals surface area contributed by atoms with Crippen LogP contribution < -0.4 is 5.32 Å². The summed E-state index contributed by atoms with van der Waals surface area (Å²) in [5.74, 6) is 1.53. The highest BCUT2D eigenvalue weighted by Crippen LogP contribution is 2.29. The van der Waals surface area contributed by atoms with Gasteiger partial charge in [0.25, 0.3) is 0 Å². The summed E-state index contributed by atoms with van der Waals surface area (Å²) in [6.45, 7) is 7.88. The van der Waals surface area contributed by atoms with Crippen molar-refractivity contribution in [3.63, 3.8) is 0 Å². The molecule has 0 saturated heterocycles. The molecule has 120 valence electrons. The van der Waals surface area contributed by atoms with Crippen LogP contribution in [0.4, 0.5) is 0 Å². The van der Waals surface area contributed by atoms with E-state index in [1.54, 1.807) is 7.11 Å². The Bertz CT molecular complexity index is 249. The fourth-order valence-electron chi connectivity index (χ4n) is 3.38. The van der Waals surface area contributed by atoms with Gasteiger partial charge in [0, 0.05) is 26.2 Å². The number of ether oxygens (including phenoxy) is 1. The second kappa shape index (κ2) is 9.72. The van der Waals surface area contributed by atoms with Crippen molar-refractivity contribution in [1.29, 1.82) is 0 Å². The van der Waals surface area contributed by atoms with Crippen molar-refractivity contribution in [2.45, 2.75) is 51.7 Å². The van der Waals surface area contributed by atoms with Gasteiger partial charge in [0.05, 0.1) is 12.7 Å². The van der Waals surface area contributed by atoms with Gasteiger partial charge in [-0.05, 0) is 51.1 Å². The number of nitrogens with zero attached hydrogens (tertiary/aromatic N) is 1. The van der Waals surface area contributed by atoms with Crippen LogP contribution in [0.5, 0.6) is 0 Å². The van der Waals surface area contributed by atoms with Gasteiger partial charge < -0.3 is 20.1 Å². The predicted octanol–water partition coefficient (Wildman–Crippen LogP) is 1.73. The average Bonchev–Trinajstić information content (AvgIpc) is 2.37. The van der Waals surface area contributed by atoms with E-state index in [2.05, 4.69) is 31.1 Å². The summed E-state index contributed by atoms with van der Waals surface area (Å²) in [5, 5.41) is 13.5. The molecular formula is C16H34N2O2. The van der Waals surface area contributed by atoms with Gasteiger partial charge in [0.15, 0.2) is 0 Å². The van der Waals surface area contributed by atoms with E-state index in [9.17, 15) is 5.11 Å². The first-order chi connectivity index (χ1) is 9.56. The Morgan fingerprint density at radius 3 is 2.80 bits per heavy atom. The molecule has 0 spiro atoms. The molecule has 4 nitrogen and oxygen atoms in total. The normalized spacial score (nSPS) is 28.8. The predicted molar refractivity (Wildman–Crippen MR) is 84.0 cm³/mol. The molecule has 1 saturated carbocycles. The van der Waals surface area contributed by atoms with E-state index in [1.165, 1.54) is 25.7 Å². The van der Waals surface area contributed by atoms with Crippen LogP contribution in [0.1, 0.15) is 39.5 Å². The van der Waals surface area contributed by atoms with E-state index in [0.717, 1.165) is 19.0 Å². The Morgan fingerprint density at radius 2 is 2.15 bits per heavy atom. The quantitative estimate of drug-likeness (QED) is 0.677. The van der Waals surface area contributed by atoms with Gasteiger partial charge in [0.2, 0.25) is 0 Å². The smallest absolute Gasteiger partial charge is 0.0899 e. The van der Waals surface area contributed by atoms with Crippen LogP contribution in [0.15, 0.2) is 0 Å². The number of methoxy groups -OCH3 is 1. The van der Waals surface area contributed by atoms with Gasteiger partial charge >= 0.3 is 0 Å². The van der Waals surface area contributed by atoms with Gasteiger partial charge in [-0.2, -0.15) is 0 Å². The van der Waals surface area contributed by atoms with Crippen molar-refractivity contribution in [2.75, 3.05) is 40.4 Å². The van der Waals surface area contributed by atoms with Crippen LogP contribution in [-0.4, -0.2) is 62.6 Å². The fourth-order valence-corrected chi connectivity index (χ4v) is 3.38. The number of hydrogen-bond acceptors (Lipinski definition) is 4. The monoisotopic (exact) mass is 286 g/mol. The van der Waals surface area contributed by atoms with Crippen molar-refractivity contribution in [2.24, 2.45) is 11.8 Å². The molecule has 0 radical (unpaired) electrons. The maximum atomic E-state index is 9.83. The lowest BCUT2D eigenvalue weighted by Gasteiger charge is -2.38. The summed E-state index contributed by atoms with van der Waals surface area (Å²) >= 11 is 0. The van der Waals surface area contributed by atoms with Crippen LogP contribution in [0.2, 0.25) is 0 Å². The zero-order valence-corrected chi connectivity index (χ0v) is 13.8. The minimum absolute atomic E-state index is 0.381. The number of nitrogens with one attached hydrogen (secondary N) is 1. The fraction of sp³-hybridized carbons (Fsp3) is 1.00. The van der Waals surface area contributed by atoms with Crippen molar-refractivity contribution in [3.8, 4) is 0 Å². The minimum atomic E-state index is -0.381. The highest BCUT2D eigenvalue weighted by Gasteiger charge is 2.29.